The smallest absolute Gasteiger partial charge is 0.224 e. The second kappa shape index (κ2) is 6.49. The van der Waals surface area contributed by atoms with E-state index in [-0.39, 0.29) is 5.91 Å². The fourth-order valence-corrected chi connectivity index (χ4v) is 2.65. The van der Waals surface area contributed by atoms with Crippen LogP contribution < -0.4 is 16.0 Å². The van der Waals surface area contributed by atoms with E-state index in [4.69, 9.17) is 11.0 Å². The number of rotatable bonds is 5. The van der Waals surface area contributed by atoms with Crippen LogP contribution in [0.4, 0.5) is 17.1 Å². The summed E-state index contributed by atoms with van der Waals surface area (Å²) < 4.78 is 0. The predicted molar refractivity (Wildman–Crippen MR) is 85.1 cm³/mol. The van der Waals surface area contributed by atoms with E-state index in [0.29, 0.717) is 31.0 Å². The fraction of sp³-hybridized carbons (Fsp3) is 0.500. The van der Waals surface area contributed by atoms with Gasteiger partial charge in [-0.15, -0.1) is 0 Å². The zero-order chi connectivity index (χ0) is 15.4. The number of nitrogen functional groups attached to an aromatic ring is 1. The van der Waals surface area contributed by atoms with Gasteiger partial charge in [0.25, 0.3) is 0 Å². The number of hydrogen-bond acceptors (Lipinski definition) is 4. The first kappa shape index (κ1) is 15.2. The molecule has 1 amide bonds. The number of amides is 1. The quantitative estimate of drug-likeness (QED) is 0.815. The van der Waals surface area contributed by atoms with Crippen molar-refractivity contribution in [2.24, 2.45) is 5.92 Å². The lowest BCUT2D eigenvalue weighted by Crippen LogP contribution is -2.30. The Morgan fingerprint density at radius 2 is 2.19 bits per heavy atom. The van der Waals surface area contributed by atoms with Crippen molar-refractivity contribution < 1.29 is 4.79 Å². The van der Waals surface area contributed by atoms with Crippen molar-refractivity contribution in [1.29, 1.82) is 5.26 Å². The molecule has 21 heavy (non-hydrogen) atoms. The first-order chi connectivity index (χ1) is 10.0. The number of nitriles is 1. The van der Waals surface area contributed by atoms with Crippen LogP contribution in [0.2, 0.25) is 0 Å². The molecule has 0 radical (unpaired) electrons. The van der Waals surface area contributed by atoms with Gasteiger partial charge in [-0.05, 0) is 30.0 Å². The van der Waals surface area contributed by atoms with Crippen LogP contribution in [-0.2, 0) is 11.2 Å². The number of benzene rings is 1. The minimum atomic E-state index is 0.0469. The molecule has 0 atom stereocenters. The van der Waals surface area contributed by atoms with Crippen LogP contribution in [0, 0.1) is 17.2 Å². The van der Waals surface area contributed by atoms with Gasteiger partial charge in [-0.3, -0.25) is 4.79 Å². The third kappa shape index (κ3) is 3.66. The second-order valence-electron chi connectivity index (χ2n) is 5.86. The Morgan fingerprint density at radius 1 is 1.43 bits per heavy atom. The Bertz CT molecular complexity index is 574. The molecule has 5 heteroatoms. The normalized spacial score (nSPS) is 13.5. The molecular weight excluding hydrogens is 264 g/mol. The molecule has 112 valence electrons. The van der Waals surface area contributed by atoms with Gasteiger partial charge in [0.1, 0.15) is 0 Å². The van der Waals surface area contributed by atoms with Gasteiger partial charge in [-0.2, -0.15) is 5.26 Å². The summed E-state index contributed by atoms with van der Waals surface area (Å²) in [6, 6.07) is 6.07. The summed E-state index contributed by atoms with van der Waals surface area (Å²) in [5.74, 6) is 0.513. The summed E-state index contributed by atoms with van der Waals surface area (Å²) in [6.45, 7) is 5.75. The standard InChI is InChI=1S/C16H22N4O/c1-11(2)10-20(7-3-6-17)15-9-14-12(8-13(15)18)4-5-16(21)19-14/h8-9,11H,3-5,7,10,18H2,1-2H3,(H,19,21). The zero-order valence-electron chi connectivity index (χ0n) is 12.6. The van der Waals surface area contributed by atoms with E-state index < -0.39 is 0 Å². The van der Waals surface area contributed by atoms with Gasteiger partial charge >= 0.3 is 0 Å². The molecular formula is C16H22N4O. The summed E-state index contributed by atoms with van der Waals surface area (Å²) in [5.41, 5.74) is 9.74. The van der Waals surface area contributed by atoms with E-state index in [0.717, 1.165) is 29.9 Å². The number of nitrogens with zero attached hydrogens (tertiary/aromatic N) is 2. The molecule has 5 nitrogen and oxygen atoms in total. The molecule has 1 heterocycles. The van der Waals surface area contributed by atoms with Crippen molar-refractivity contribution in [2.75, 3.05) is 29.0 Å². The molecule has 0 unspecified atom stereocenters. The highest BCUT2D eigenvalue weighted by atomic mass is 16.1. The lowest BCUT2D eigenvalue weighted by molar-refractivity contribution is -0.116. The van der Waals surface area contributed by atoms with Crippen LogP contribution in [0.1, 0.15) is 32.3 Å². The summed E-state index contributed by atoms with van der Waals surface area (Å²) >= 11 is 0. The predicted octanol–water partition coefficient (Wildman–Crippen LogP) is 2.53. The van der Waals surface area contributed by atoms with Gasteiger partial charge in [0, 0.05) is 25.2 Å². The minimum absolute atomic E-state index is 0.0469. The van der Waals surface area contributed by atoms with Gasteiger partial charge in [0.05, 0.1) is 23.9 Å². The molecule has 0 saturated heterocycles. The average Bonchev–Trinajstić information content (AvgIpc) is 2.43. The Hall–Kier alpha value is -2.22. The monoisotopic (exact) mass is 286 g/mol. The van der Waals surface area contributed by atoms with E-state index in [1.807, 2.05) is 12.1 Å². The number of aryl methyl sites for hydroxylation is 1. The Balaban J connectivity index is 2.33. The first-order valence-electron chi connectivity index (χ1n) is 7.35. The molecule has 1 aromatic carbocycles. The van der Waals surface area contributed by atoms with Crippen LogP contribution in [0.25, 0.3) is 0 Å². The van der Waals surface area contributed by atoms with Crippen LogP contribution in [0.3, 0.4) is 0 Å². The zero-order valence-corrected chi connectivity index (χ0v) is 12.6. The van der Waals surface area contributed by atoms with Gasteiger partial charge in [0.15, 0.2) is 0 Å². The molecule has 3 N–H and O–H groups in total. The highest BCUT2D eigenvalue weighted by Crippen LogP contribution is 2.33. The molecule has 0 saturated carbocycles. The second-order valence-corrected chi connectivity index (χ2v) is 5.86. The van der Waals surface area contributed by atoms with Gasteiger partial charge in [0.2, 0.25) is 5.91 Å². The summed E-state index contributed by atoms with van der Waals surface area (Å²) in [7, 11) is 0. The number of hydrogen-bond donors (Lipinski definition) is 2. The van der Waals surface area contributed by atoms with E-state index in [2.05, 4.69) is 30.1 Å². The molecule has 1 aliphatic rings. The van der Waals surface area contributed by atoms with E-state index in [9.17, 15) is 4.79 Å². The molecule has 1 aromatic rings. The summed E-state index contributed by atoms with van der Waals surface area (Å²) in [5, 5.41) is 11.7. The number of carbonyl (C=O) groups is 1. The van der Waals surface area contributed by atoms with Crippen LogP contribution in [0.5, 0.6) is 0 Å². The van der Waals surface area contributed by atoms with E-state index in [1.54, 1.807) is 0 Å². The molecule has 2 rings (SSSR count). The molecule has 0 spiro atoms. The number of anilines is 3. The summed E-state index contributed by atoms with van der Waals surface area (Å²) in [6.07, 6.45) is 1.69. The highest BCUT2D eigenvalue weighted by molar-refractivity contribution is 5.95. The maximum atomic E-state index is 11.5. The Labute approximate surface area is 125 Å². The maximum absolute atomic E-state index is 11.5. The molecule has 0 aliphatic carbocycles. The lowest BCUT2D eigenvalue weighted by Gasteiger charge is -2.29. The van der Waals surface area contributed by atoms with Gasteiger partial charge in [-0.1, -0.05) is 13.8 Å². The largest absolute Gasteiger partial charge is 0.397 e. The number of nitrogens with one attached hydrogen (secondary N) is 1. The fourth-order valence-electron chi connectivity index (χ4n) is 2.65. The number of carbonyl (C=O) groups excluding carboxylic acids is 1. The maximum Gasteiger partial charge on any atom is 0.224 e. The third-order valence-electron chi connectivity index (χ3n) is 3.57. The molecule has 0 bridgehead atoms. The van der Waals surface area contributed by atoms with Crippen LogP contribution >= 0.6 is 0 Å². The van der Waals surface area contributed by atoms with Crippen molar-refractivity contribution in [3.63, 3.8) is 0 Å². The van der Waals surface area contributed by atoms with Crippen molar-refractivity contribution in [3.05, 3.63) is 17.7 Å². The van der Waals surface area contributed by atoms with Crippen molar-refractivity contribution in [2.45, 2.75) is 33.1 Å². The number of nitrogens with two attached hydrogens (primary N) is 1. The van der Waals surface area contributed by atoms with Crippen LogP contribution in [-0.4, -0.2) is 19.0 Å². The minimum Gasteiger partial charge on any atom is -0.397 e. The van der Waals surface area contributed by atoms with Gasteiger partial charge < -0.3 is 16.0 Å². The SMILES string of the molecule is CC(C)CN(CCC#N)c1cc2c(cc1N)CCC(=O)N2. The van der Waals surface area contributed by atoms with Crippen molar-refractivity contribution in [3.8, 4) is 6.07 Å². The third-order valence-corrected chi connectivity index (χ3v) is 3.57. The van der Waals surface area contributed by atoms with E-state index in [1.165, 1.54) is 0 Å². The molecule has 0 aromatic heterocycles. The first-order valence-corrected chi connectivity index (χ1v) is 7.35. The Kier molecular flexibility index (Phi) is 4.69. The van der Waals surface area contributed by atoms with E-state index >= 15 is 0 Å². The highest BCUT2D eigenvalue weighted by Gasteiger charge is 2.19. The summed E-state index contributed by atoms with van der Waals surface area (Å²) in [4.78, 5) is 13.7. The Morgan fingerprint density at radius 3 is 2.86 bits per heavy atom. The van der Waals surface area contributed by atoms with Crippen LogP contribution in [0.15, 0.2) is 12.1 Å². The molecule has 0 fully saturated rings. The average molecular weight is 286 g/mol. The number of fused-ring (bicyclic) bond motifs is 1. The lowest BCUT2D eigenvalue weighted by atomic mass is 10.0. The van der Waals surface area contributed by atoms with Crippen molar-refractivity contribution >= 4 is 23.0 Å². The topological polar surface area (TPSA) is 82.2 Å². The molecule has 1 aliphatic heterocycles. The van der Waals surface area contributed by atoms with Crippen molar-refractivity contribution in [1.82, 2.24) is 0 Å². The van der Waals surface area contributed by atoms with Gasteiger partial charge in [-0.25, -0.2) is 0 Å².